The molecule has 10 heteroatoms. The second kappa shape index (κ2) is 11.0. The van der Waals surface area contributed by atoms with E-state index in [-0.39, 0.29) is 29.2 Å². The molecule has 0 aliphatic rings. The van der Waals surface area contributed by atoms with E-state index in [1.54, 1.807) is 24.3 Å². The average molecular weight is 500 g/mol. The number of hydrogen-bond acceptors (Lipinski definition) is 5. The van der Waals surface area contributed by atoms with Crippen molar-refractivity contribution in [1.29, 1.82) is 0 Å². The van der Waals surface area contributed by atoms with E-state index < -0.39 is 33.6 Å². The van der Waals surface area contributed by atoms with E-state index in [1.165, 1.54) is 49.6 Å². The third-order valence-electron chi connectivity index (χ3n) is 5.33. The van der Waals surface area contributed by atoms with Crippen molar-refractivity contribution in [1.82, 2.24) is 5.32 Å². The number of anilines is 1. The number of halogens is 1. The Bertz CT molecular complexity index is 1310. The molecule has 0 spiro atoms. The van der Waals surface area contributed by atoms with Crippen LogP contribution in [0.1, 0.15) is 21.5 Å². The van der Waals surface area contributed by atoms with Gasteiger partial charge in [-0.05, 0) is 61.4 Å². The van der Waals surface area contributed by atoms with E-state index >= 15 is 0 Å². The Balaban J connectivity index is 1.76. The maximum Gasteiger partial charge on any atom is 0.265 e. The zero-order valence-corrected chi connectivity index (χ0v) is 20.1. The number of nitrogens with two attached hydrogens (primary N) is 1. The molecule has 3 aromatic rings. The number of amides is 2. The fourth-order valence-electron chi connectivity index (χ4n) is 3.36. The van der Waals surface area contributed by atoms with Gasteiger partial charge < -0.3 is 15.8 Å². The highest BCUT2D eigenvalue weighted by molar-refractivity contribution is 7.92. The molecule has 1 atom stereocenters. The van der Waals surface area contributed by atoms with Crippen LogP contribution in [0.25, 0.3) is 0 Å². The fourth-order valence-corrected chi connectivity index (χ4v) is 4.61. The third kappa shape index (κ3) is 6.80. The molecule has 0 saturated heterocycles. The molecule has 0 fully saturated rings. The number of sulfonamides is 1. The largest absolute Gasteiger partial charge is 0.495 e. The first-order chi connectivity index (χ1) is 16.6. The van der Waals surface area contributed by atoms with Crippen molar-refractivity contribution in [2.75, 3.05) is 18.4 Å². The highest BCUT2D eigenvalue weighted by Gasteiger charge is 2.23. The number of aryl methyl sites for hydroxylation is 1. The number of ether oxygens (including phenoxy) is 1. The summed E-state index contributed by atoms with van der Waals surface area (Å²) in [6.45, 7) is 1.80. The minimum atomic E-state index is -4.07. The SMILES string of the molecule is COc1ccc(C(=O)NCC(Cc2ccc(F)cc2)C(N)=O)cc1S(=O)(=O)Nc1ccc(C)cc1. The van der Waals surface area contributed by atoms with Gasteiger partial charge in [-0.25, -0.2) is 12.8 Å². The van der Waals surface area contributed by atoms with Crippen molar-refractivity contribution >= 4 is 27.5 Å². The first-order valence-electron chi connectivity index (χ1n) is 10.7. The summed E-state index contributed by atoms with van der Waals surface area (Å²) in [4.78, 5) is 24.4. The van der Waals surface area contributed by atoms with Crippen LogP contribution in [0.15, 0.2) is 71.6 Å². The highest BCUT2D eigenvalue weighted by Crippen LogP contribution is 2.27. The van der Waals surface area contributed by atoms with Crippen molar-refractivity contribution in [3.63, 3.8) is 0 Å². The van der Waals surface area contributed by atoms with Crippen molar-refractivity contribution < 1.29 is 27.1 Å². The Hall–Kier alpha value is -3.92. The number of primary amides is 1. The van der Waals surface area contributed by atoms with Crippen LogP contribution >= 0.6 is 0 Å². The number of hydrogen-bond donors (Lipinski definition) is 3. The van der Waals surface area contributed by atoms with Crippen LogP contribution < -0.4 is 20.5 Å². The molecule has 2 amide bonds. The molecule has 4 N–H and O–H groups in total. The first kappa shape index (κ1) is 25.7. The van der Waals surface area contributed by atoms with Crippen LogP contribution in [0.2, 0.25) is 0 Å². The molecule has 0 radical (unpaired) electrons. The van der Waals surface area contributed by atoms with Gasteiger partial charge in [0.05, 0.1) is 13.0 Å². The maximum atomic E-state index is 13.1. The molecule has 0 saturated carbocycles. The number of carbonyl (C=O) groups is 2. The van der Waals surface area contributed by atoms with Crippen LogP contribution in [0.3, 0.4) is 0 Å². The third-order valence-corrected chi connectivity index (χ3v) is 6.73. The van der Waals surface area contributed by atoms with Gasteiger partial charge in [-0.3, -0.25) is 14.3 Å². The van der Waals surface area contributed by atoms with Crippen LogP contribution in [0.5, 0.6) is 5.75 Å². The minimum absolute atomic E-state index is 0.0556. The molecule has 3 rings (SSSR count). The Morgan fingerprint density at radius 3 is 2.29 bits per heavy atom. The smallest absolute Gasteiger partial charge is 0.265 e. The summed E-state index contributed by atoms with van der Waals surface area (Å²) in [6, 6.07) is 16.4. The van der Waals surface area contributed by atoms with E-state index in [1.807, 2.05) is 6.92 Å². The number of methoxy groups -OCH3 is 1. The predicted octanol–water partition coefficient (Wildman–Crippen LogP) is 3.02. The Labute approximate surface area is 203 Å². The quantitative estimate of drug-likeness (QED) is 0.395. The lowest BCUT2D eigenvalue weighted by atomic mass is 9.98. The van der Waals surface area contributed by atoms with Crippen molar-refractivity contribution in [2.45, 2.75) is 18.2 Å². The van der Waals surface area contributed by atoms with Gasteiger partial charge in [0.2, 0.25) is 5.91 Å². The molecular formula is C25H26FN3O5S. The summed E-state index contributed by atoms with van der Waals surface area (Å²) in [7, 11) is -2.75. The maximum absolute atomic E-state index is 13.1. The topological polar surface area (TPSA) is 128 Å². The zero-order chi connectivity index (χ0) is 25.6. The Morgan fingerprint density at radius 2 is 1.69 bits per heavy atom. The monoisotopic (exact) mass is 499 g/mol. The molecule has 0 aliphatic carbocycles. The number of carbonyl (C=O) groups excluding carboxylic acids is 2. The van der Waals surface area contributed by atoms with Crippen molar-refractivity contribution in [3.05, 3.63) is 89.2 Å². The van der Waals surface area contributed by atoms with Crippen molar-refractivity contribution in [2.24, 2.45) is 11.7 Å². The van der Waals surface area contributed by atoms with E-state index in [0.29, 0.717) is 11.3 Å². The number of nitrogens with one attached hydrogen (secondary N) is 2. The van der Waals surface area contributed by atoms with Gasteiger partial charge in [-0.1, -0.05) is 29.8 Å². The molecule has 3 aromatic carbocycles. The standard InChI is InChI=1S/C25H26FN3O5S/c1-16-3-10-21(11-4-16)29-35(32,33)23-14-18(7-12-22(23)34-2)25(31)28-15-19(24(27)30)13-17-5-8-20(26)9-6-17/h3-12,14,19,29H,13,15H2,1-2H3,(H2,27,30)(H,28,31). The van der Waals surface area contributed by atoms with Gasteiger partial charge in [-0.2, -0.15) is 0 Å². The van der Waals surface area contributed by atoms with Gasteiger partial charge >= 0.3 is 0 Å². The molecule has 0 aliphatic heterocycles. The molecule has 0 aromatic heterocycles. The minimum Gasteiger partial charge on any atom is -0.495 e. The molecule has 0 bridgehead atoms. The molecular weight excluding hydrogens is 473 g/mol. The summed E-state index contributed by atoms with van der Waals surface area (Å²) in [5, 5.41) is 2.61. The van der Waals surface area contributed by atoms with Gasteiger partial charge in [0.1, 0.15) is 16.5 Å². The summed E-state index contributed by atoms with van der Waals surface area (Å²) < 4.78 is 46.8. The lowest BCUT2D eigenvalue weighted by Gasteiger charge is -2.16. The highest BCUT2D eigenvalue weighted by atomic mass is 32.2. The summed E-state index contributed by atoms with van der Waals surface area (Å²) in [5.41, 5.74) is 7.54. The molecule has 1 unspecified atom stereocenters. The van der Waals surface area contributed by atoms with Gasteiger partial charge in [0, 0.05) is 17.8 Å². The van der Waals surface area contributed by atoms with Crippen LogP contribution in [-0.2, 0) is 21.2 Å². The number of rotatable bonds is 10. The van der Waals surface area contributed by atoms with Crippen LogP contribution in [0.4, 0.5) is 10.1 Å². The van der Waals surface area contributed by atoms with Crippen LogP contribution in [-0.4, -0.2) is 33.9 Å². The first-order valence-corrected chi connectivity index (χ1v) is 12.2. The normalized spacial score (nSPS) is 12.0. The van der Waals surface area contributed by atoms with E-state index in [9.17, 15) is 22.4 Å². The summed E-state index contributed by atoms with van der Waals surface area (Å²) in [5.74, 6) is -2.30. The zero-order valence-electron chi connectivity index (χ0n) is 19.2. The summed E-state index contributed by atoms with van der Waals surface area (Å²) in [6.07, 6.45) is 0.207. The second-order valence-electron chi connectivity index (χ2n) is 7.98. The molecule has 35 heavy (non-hydrogen) atoms. The molecule has 0 heterocycles. The molecule has 184 valence electrons. The Morgan fingerprint density at radius 1 is 1.03 bits per heavy atom. The van der Waals surface area contributed by atoms with Gasteiger partial charge in [0.15, 0.2) is 0 Å². The lowest BCUT2D eigenvalue weighted by Crippen LogP contribution is -2.37. The average Bonchev–Trinajstić information content (AvgIpc) is 2.83. The van der Waals surface area contributed by atoms with E-state index in [4.69, 9.17) is 10.5 Å². The van der Waals surface area contributed by atoms with Crippen molar-refractivity contribution in [3.8, 4) is 5.75 Å². The number of benzene rings is 3. The Kier molecular flexibility index (Phi) is 8.08. The predicted molar refractivity (Wildman–Crippen MR) is 130 cm³/mol. The van der Waals surface area contributed by atoms with Gasteiger partial charge in [0.25, 0.3) is 15.9 Å². The van der Waals surface area contributed by atoms with E-state index in [0.717, 1.165) is 5.56 Å². The molecule has 8 nitrogen and oxygen atoms in total. The van der Waals surface area contributed by atoms with Crippen LogP contribution in [0, 0.1) is 18.7 Å². The second-order valence-corrected chi connectivity index (χ2v) is 9.63. The lowest BCUT2D eigenvalue weighted by molar-refractivity contribution is -0.121. The van der Waals surface area contributed by atoms with Gasteiger partial charge in [-0.15, -0.1) is 0 Å². The van der Waals surface area contributed by atoms with E-state index in [2.05, 4.69) is 10.0 Å². The fraction of sp³-hybridized carbons (Fsp3) is 0.200. The summed E-state index contributed by atoms with van der Waals surface area (Å²) >= 11 is 0.